The summed E-state index contributed by atoms with van der Waals surface area (Å²) < 4.78 is 40.9. The summed E-state index contributed by atoms with van der Waals surface area (Å²) in [6.07, 6.45) is -2.37. The fourth-order valence-electron chi connectivity index (χ4n) is 3.80. The Morgan fingerprint density at radius 3 is 2.52 bits per heavy atom. The van der Waals surface area contributed by atoms with Crippen molar-refractivity contribution in [1.29, 1.82) is 0 Å². The minimum absolute atomic E-state index is 0.0338. The lowest BCUT2D eigenvalue weighted by Gasteiger charge is -2.33. The van der Waals surface area contributed by atoms with Gasteiger partial charge in [-0.2, -0.15) is 27.8 Å². The van der Waals surface area contributed by atoms with E-state index in [0.29, 0.717) is 36.1 Å². The Morgan fingerprint density at radius 2 is 1.86 bits per heavy atom. The first-order chi connectivity index (χ1) is 13.8. The van der Waals surface area contributed by atoms with Gasteiger partial charge in [0.05, 0.1) is 5.92 Å². The minimum Gasteiger partial charge on any atom is -0.342 e. The summed E-state index contributed by atoms with van der Waals surface area (Å²) in [5.41, 5.74) is 0.417. The number of benzene rings is 1. The minimum atomic E-state index is -4.55. The molecule has 0 saturated carbocycles. The molecule has 1 atom stereocenters. The Kier molecular flexibility index (Phi) is 4.97. The van der Waals surface area contributed by atoms with Gasteiger partial charge >= 0.3 is 6.18 Å². The molecule has 1 fully saturated rings. The molecule has 1 aliphatic heterocycles. The van der Waals surface area contributed by atoms with Crippen LogP contribution in [0.3, 0.4) is 0 Å². The molecule has 152 valence electrons. The molecule has 0 bridgehead atoms. The molecular formula is C20H20F3N5O. The van der Waals surface area contributed by atoms with Gasteiger partial charge in [-0.1, -0.05) is 30.3 Å². The molecule has 4 rings (SSSR count). The smallest absolute Gasteiger partial charge is 0.342 e. The third-order valence-corrected chi connectivity index (χ3v) is 5.46. The average Bonchev–Trinajstić information content (AvgIpc) is 3.20. The molecule has 3 heterocycles. The maximum atomic E-state index is 13.4. The van der Waals surface area contributed by atoms with Crippen LogP contribution >= 0.6 is 0 Å². The number of alkyl halides is 3. The number of amides is 1. The second kappa shape index (κ2) is 7.46. The van der Waals surface area contributed by atoms with E-state index < -0.39 is 11.9 Å². The first kappa shape index (κ1) is 19.4. The summed E-state index contributed by atoms with van der Waals surface area (Å²) in [5, 5.41) is 3.62. The zero-order valence-electron chi connectivity index (χ0n) is 15.8. The van der Waals surface area contributed by atoms with Crippen LogP contribution < -0.4 is 0 Å². The summed E-state index contributed by atoms with van der Waals surface area (Å²) in [5.74, 6) is -0.443. The fourth-order valence-corrected chi connectivity index (χ4v) is 3.80. The van der Waals surface area contributed by atoms with Crippen LogP contribution in [0.25, 0.3) is 5.78 Å². The van der Waals surface area contributed by atoms with Crippen molar-refractivity contribution in [1.82, 2.24) is 24.5 Å². The van der Waals surface area contributed by atoms with Crippen molar-refractivity contribution in [2.45, 2.75) is 37.8 Å². The quantitative estimate of drug-likeness (QED) is 0.670. The number of piperidine rings is 1. The maximum absolute atomic E-state index is 13.4. The lowest BCUT2D eigenvalue weighted by atomic mass is 9.91. The van der Waals surface area contributed by atoms with Crippen LogP contribution in [0, 0.1) is 0 Å². The summed E-state index contributed by atoms with van der Waals surface area (Å²) in [7, 11) is 0. The van der Waals surface area contributed by atoms with Gasteiger partial charge in [0.25, 0.3) is 5.78 Å². The number of carbonyl (C=O) groups excluding carboxylic acids is 1. The highest BCUT2D eigenvalue weighted by atomic mass is 19.4. The van der Waals surface area contributed by atoms with E-state index in [9.17, 15) is 18.0 Å². The van der Waals surface area contributed by atoms with Gasteiger partial charge in [-0.15, -0.1) is 0 Å². The second-order valence-corrected chi connectivity index (χ2v) is 7.27. The zero-order chi connectivity index (χ0) is 20.6. The highest BCUT2D eigenvalue weighted by Crippen LogP contribution is 2.34. The molecule has 29 heavy (non-hydrogen) atoms. The number of hydrogen-bond donors (Lipinski definition) is 0. The van der Waals surface area contributed by atoms with Gasteiger partial charge in [0.15, 0.2) is 5.69 Å². The molecule has 0 aliphatic carbocycles. The Hall–Kier alpha value is -2.97. The van der Waals surface area contributed by atoms with Crippen LogP contribution in [0.5, 0.6) is 0 Å². The van der Waals surface area contributed by atoms with Crippen molar-refractivity contribution in [3.63, 3.8) is 0 Å². The third kappa shape index (κ3) is 3.81. The molecule has 0 N–H and O–H groups in total. The molecule has 0 spiro atoms. The first-order valence-corrected chi connectivity index (χ1v) is 9.46. The predicted octanol–water partition coefficient (Wildman–Crippen LogP) is 3.65. The van der Waals surface area contributed by atoms with Gasteiger partial charge in [0.2, 0.25) is 5.91 Å². The Balaban J connectivity index is 1.49. The Bertz CT molecular complexity index is 1010. The molecule has 9 heteroatoms. The van der Waals surface area contributed by atoms with Gasteiger partial charge in [-0.3, -0.25) is 4.79 Å². The lowest BCUT2D eigenvalue weighted by molar-refractivity contribution is -0.142. The first-order valence-electron chi connectivity index (χ1n) is 9.46. The van der Waals surface area contributed by atoms with E-state index in [1.807, 2.05) is 37.3 Å². The molecule has 1 unspecified atom stereocenters. The predicted molar refractivity (Wildman–Crippen MR) is 99.2 cm³/mol. The van der Waals surface area contributed by atoms with Gasteiger partial charge in [-0.05, 0) is 31.4 Å². The van der Waals surface area contributed by atoms with Crippen molar-refractivity contribution in [2.75, 3.05) is 13.1 Å². The van der Waals surface area contributed by atoms with Crippen LogP contribution in [0.4, 0.5) is 13.2 Å². The molecule has 6 nitrogen and oxygen atoms in total. The van der Waals surface area contributed by atoms with Crippen molar-refractivity contribution < 1.29 is 18.0 Å². The van der Waals surface area contributed by atoms with Gasteiger partial charge < -0.3 is 4.90 Å². The highest BCUT2D eigenvalue weighted by Gasteiger charge is 2.36. The third-order valence-electron chi connectivity index (χ3n) is 5.46. The molecular weight excluding hydrogens is 383 g/mol. The molecule has 3 aromatic rings. The van der Waals surface area contributed by atoms with Crippen molar-refractivity contribution in [2.24, 2.45) is 0 Å². The average molecular weight is 403 g/mol. The zero-order valence-corrected chi connectivity index (χ0v) is 15.8. The van der Waals surface area contributed by atoms with E-state index >= 15 is 0 Å². The van der Waals surface area contributed by atoms with Crippen molar-refractivity contribution in [3.8, 4) is 0 Å². The highest BCUT2D eigenvalue weighted by molar-refractivity contribution is 5.83. The Labute approximate surface area is 165 Å². The number of fused-ring (bicyclic) bond motifs is 1. The Morgan fingerprint density at radius 1 is 1.17 bits per heavy atom. The largest absolute Gasteiger partial charge is 0.433 e. The maximum Gasteiger partial charge on any atom is 0.433 e. The lowest BCUT2D eigenvalue weighted by Crippen LogP contribution is -2.40. The molecule has 1 saturated heterocycles. The number of hydrogen-bond acceptors (Lipinski definition) is 4. The van der Waals surface area contributed by atoms with Crippen molar-refractivity contribution >= 4 is 11.7 Å². The summed E-state index contributed by atoms with van der Waals surface area (Å²) in [6, 6.07) is 10.6. The summed E-state index contributed by atoms with van der Waals surface area (Å²) in [6.45, 7) is 2.85. The van der Waals surface area contributed by atoms with Crippen LogP contribution in [0.15, 0.2) is 42.7 Å². The van der Waals surface area contributed by atoms with E-state index in [2.05, 4.69) is 15.1 Å². The van der Waals surface area contributed by atoms with Gasteiger partial charge in [-0.25, -0.2) is 4.98 Å². The fraction of sp³-hybridized carbons (Fsp3) is 0.400. The van der Waals surface area contributed by atoms with Crippen LogP contribution in [0.2, 0.25) is 0 Å². The molecule has 2 aromatic heterocycles. The number of likely N-dealkylation sites (tertiary alicyclic amines) is 1. The molecule has 1 amide bonds. The number of rotatable bonds is 3. The molecule has 1 aromatic carbocycles. The number of halogens is 3. The SMILES string of the molecule is CC(C(=O)N1CCC(c2cc(C(F)(F)F)n3ncnc3n2)CC1)c1ccccc1. The van der Waals surface area contributed by atoms with E-state index in [-0.39, 0.29) is 23.5 Å². The van der Waals surface area contributed by atoms with Crippen LogP contribution in [0.1, 0.15) is 48.6 Å². The normalized spacial score (nSPS) is 16.9. The second-order valence-electron chi connectivity index (χ2n) is 7.27. The van der Waals surface area contributed by atoms with E-state index in [1.54, 1.807) is 4.90 Å². The number of carbonyl (C=O) groups is 1. The molecule has 1 aliphatic rings. The summed E-state index contributed by atoms with van der Waals surface area (Å²) >= 11 is 0. The van der Waals surface area contributed by atoms with Gasteiger partial charge in [0, 0.05) is 24.7 Å². The van der Waals surface area contributed by atoms with Crippen molar-refractivity contribution in [3.05, 3.63) is 59.7 Å². The van der Waals surface area contributed by atoms with Gasteiger partial charge in [0.1, 0.15) is 6.33 Å². The monoisotopic (exact) mass is 403 g/mol. The van der Waals surface area contributed by atoms with E-state index in [4.69, 9.17) is 0 Å². The van der Waals surface area contributed by atoms with E-state index in [1.165, 1.54) is 0 Å². The summed E-state index contributed by atoms with van der Waals surface area (Å²) in [4.78, 5) is 22.7. The number of nitrogens with zero attached hydrogens (tertiary/aromatic N) is 5. The topological polar surface area (TPSA) is 63.4 Å². The molecule has 0 radical (unpaired) electrons. The van der Waals surface area contributed by atoms with E-state index in [0.717, 1.165) is 18.0 Å². The number of aromatic nitrogens is 4. The van der Waals surface area contributed by atoms with Crippen LogP contribution in [-0.4, -0.2) is 43.5 Å². The van der Waals surface area contributed by atoms with Crippen LogP contribution in [-0.2, 0) is 11.0 Å². The standard InChI is InChI=1S/C20H20F3N5O/c1-13(14-5-3-2-4-6-14)18(29)27-9-7-15(8-10-27)16-11-17(20(21,22)23)28-19(26-16)24-12-25-28/h2-6,11-13,15H,7-10H2,1H3.